The van der Waals surface area contributed by atoms with Crippen LogP contribution >= 0.6 is 0 Å². The number of halogens is 2. The van der Waals surface area contributed by atoms with Crippen LogP contribution in [0.5, 0.6) is 0 Å². The number of benzene rings is 4. The summed E-state index contributed by atoms with van der Waals surface area (Å²) in [5.74, 6) is 1.61. The van der Waals surface area contributed by atoms with E-state index in [-0.39, 0.29) is 51.0 Å². The van der Waals surface area contributed by atoms with Crippen molar-refractivity contribution >= 4 is 43.1 Å². The largest absolute Gasteiger partial charge is 2.00 e. The predicted octanol–water partition coefficient (Wildman–Crippen LogP) is 6.57. The standard InChI is InChI=1S/2C19H19.C3H6.2ClH.Zr/c2*1-2-6-14(7-3-1)17-12-16-11-10-15-8-4-5-9-18(15)19(16)13-17;1-3-2;;;/h2*4-5,8-14H,1-3,6-7H2;1-3H2;2*1H;/q2*-1;-2;;;+2/p-2. The molecule has 0 radical (unpaired) electrons. The summed E-state index contributed by atoms with van der Waals surface area (Å²) in [6.45, 7) is 6.75. The number of rotatable bonds is 2. The molecular formula is C41H44Cl2Zr-4. The van der Waals surface area contributed by atoms with Gasteiger partial charge in [-0.2, -0.15) is 12.1 Å². The Balaban J connectivity index is 0.000000208. The quantitative estimate of drug-likeness (QED) is 0.180. The topological polar surface area (TPSA) is 0 Å². The normalized spacial score (nSPS) is 15.3. The van der Waals surface area contributed by atoms with Crippen LogP contribution in [0.25, 0.3) is 43.1 Å². The van der Waals surface area contributed by atoms with E-state index in [1.807, 2.05) is 0 Å². The average Bonchev–Trinajstić information content (AvgIpc) is 3.68. The molecule has 3 heteroatoms. The van der Waals surface area contributed by atoms with Crippen molar-refractivity contribution in [2.75, 3.05) is 0 Å². The van der Waals surface area contributed by atoms with E-state index in [1.54, 1.807) is 11.1 Å². The first-order valence-corrected chi connectivity index (χ1v) is 16.0. The fourth-order valence-electron chi connectivity index (χ4n) is 7.32. The van der Waals surface area contributed by atoms with E-state index in [1.165, 1.54) is 107 Å². The van der Waals surface area contributed by atoms with Crippen molar-refractivity contribution in [3.63, 3.8) is 0 Å². The van der Waals surface area contributed by atoms with E-state index in [2.05, 4.69) is 111 Å². The Morgan fingerprint density at radius 1 is 0.500 bits per heavy atom. The van der Waals surface area contributed by atoms with Gasteiger partial charge in [-0.15, -0.1) is 56.9 Å². The van der Waals surface area contributed by atoms with Gasteiger partial charge in [0.05, 0.1) is 0 Å². The van der Waals surface area contributed by atoms with Crippen LogP contribution in [0, 0.1) is 13.8 Å². The van der Waals surface area contributed by atoms with E-state index >= 15 is 0 Å². The molecule has 2 aliphatic carbocycles. The molecule has 0 bridgehead atoms. The van der Waals surface area contributed by atoms with Crippen molar-refractivity contribution in [2.24, 2.45) is 0 Å². The molecule has 0 aromatic heterocycles. The van der Waals surface area contributed by atoms with Gasteiger partial charge >= 0.3 is 26.2 Å². The van der Waals surface area contributed by atoms with Crippen LogP contribution in [-0.2, 0) is 26.2 Å². The van der Waals surface area contributed by atoms with Gasteiger partial charge in [-0.3, -0.25) is 0 Å². The Morgan fingerprint density at radius 3 is 1.25 bits per heavy atom. The van der Waals surface area contributed by atoms with Crippen LogP contribution in [-0.4, -0.2) is 0 Å². The molecule has 0 heterocycles. The van der Waals surface area contributed by atoms with Crippen LogP contribution in [0.2, 0.25) is 0 Å². The summed E-state index contributed by atoms with van der Waals surface area (Å²) < 4.78 is 0. The van der Waals surface area contributed by atoms with Gasteiger partial charge < -0.3 is 45.1 Å². The zero-order valence-corrected chi connectivity index (χ0v) is 29.8. The maximum absolute atomic E-state index is 3.38. The predicted molar refractivity (Wildman–Crippen MR) is 181 cm³/mol. The first kappa shape index (κ1) is 36.6. The van der Waals surface area contributed by atoms with Crippen molar-refractivity contribution < 1.29 is 51.0 Å². The Morgan fingerprint density at radius 2 is 0.864 bits per heavy atom. The van der Waals surface area contributed by atoms with Crippen LogP contribution < -0.4 is 24.8 Å². The second-order valence-electron chi connectivity index (χ2n) is 12.2. The number of fused-ring (bicyclic) bond motifs is 6. The van der Waals surface area contributed by atoms with E-state index in [0.717, 1.165) is 18.3 Å². The van der Waals surface area contributed by atoms with Crippen LogP contribution in [0.15, 0.2) is 97.1 Å². The third-order valence-electron chi connectivity index (χ3n) is 9.43. The average molecular weight is 699 g/mol. The maximum atomic E-state index is 3.38. The molecule has 0 N–H and O–H groups in total. The van der Waals surface area contributed by atoms with E-state index in [4.69, 9.17) is 0 Å². The third-order valence-corrected chi connectivity index (χ3v) is 9.43. The molecule has 2 aliphatic rings. The Hall–Kier alpha value is -1.92. The second-order valence-corrected chi connectivity index (χ2v) is 12.2. The van der Waals surface area contributed by atoms with Gasteiger partial charge in [0.1, 0.15) is 0 Å². The molecule has 0 spiro atoms. The van der Waals surface area contributed by atoms with Crippen LogP contribution in [0.4, 0.5) is 0 Å². The van der Waals surface area contributed by atoms with Gasteiger partial charge in [0.15, 0.2) is 0 Å². The molecule has 6 aromatic carbocycles. The minimum absolute atomic E-state index is 0. The molecule has 2 fully saturated rings. The zero-order valence-electron chi connectivity index (χ0n) is 25.8. The molecule has 0 aliphatic heterocycles. The van der Waals surface area contributed by atoms with Gasteiger partial charge in [0.25, 0.3) is 0 Å². The number of hydrogen-bond donors (Lipinski definition) is 0. The molecule has 2 saturated carbocycles. The molecule has 8 rings (SSSR count). The molecule has 6 aromatic rings. The summed E-state index contributed by atoms with van der Waals surface area (Å²) in [5.41, 5.74) is 3.15. The summed E-state index contributed by atoms with van der Waals surface area (Å²) in [5, 5.41) is 11.2. The molecule has 0 atom stereocenters. The van der Waals surface area contributed by atoms with E-state index < -0.39 is 0 Å². The fourth-order valence-corrected chi connectivity index (χ4v) is 7.32. The molecule has 0 saturated heterocycles. The molecule has 0 unspecified atom stereocenters. The maximum Gasteiger partial charge on any atom is 2.00 e. The Kier molecular flexibility index (Phi) is 14.7. The van der Waals surface area contributed by atoms with Crippen LogP contribution in [0.1, 0.15) is 93.6 Å². The fraction of sp³-hybridized carbons (Fsp3) is 0.317. The second kappa shape index (κ2) is 17.7. The summed E-state index contributed by atoms with van der Waals surface area (Å²) in [4.78, 5) is 0. The summed E-state index contributed by atoms with van der Waals surface area (Å²) in [7, 11) is 0. The van der Waals surface area contributed by atoms with Crippen LogP contribution in [0.3, 0.4) is 0 Å². The first-order chi connectivity index (χ1) is 20.2. The molecule has 0 amide bonds. The molecule has 230 valence electrons. The van der Waals surface area contributed by atoms with Crippen molar-refractivity contribution in [3.8, 4) is 0 Å². The number of hydrogen-bond acceptors (Lipinski definition) is 0. The van der Waals surface area contributed by atoms with Gasteiger partial charge in [0, 0.05) is 0 Å². The Labute approximate surface area is 296 Å². The van der Waals surface area contributed by atoms with Crippen molar-refractivity contribution in [1.82, 2.24) is 0 Å². The summed E-state index contributed by atoms with van der Waals surface area (Å²) in [6, 6.07) is 36.3. The minimum Gasteiger partial charge on any atom is -1.00 e. The molecule has 0 nitrogen and oxygen atoms in total. The van der Waals surface area contributed by atoms with E-state index in [0.29, 0.717) is 0 Å². The molecular weight excluding hydrogens is 655 g/mol. The van der Waals surface area contributed by atoms with E-state index in [9.17, 15) is 0 Å². The summed E-state index contributed by atoms with van der Waals surface area (Å²) in [6.07, 6.45) is 14.8. The monoisotopic (exact) mass is 696 g/mol. The summed E-state index contributed by atoms with van der Waals surface area (Å²) >= 11 is 0. The third kappa shape index (κ3) is 8.26. The van der Waals surface area contributed by atoms with Gasteiger partial charge in [-0.1, -0.05) is 110 Å². The Bertz CT molecular complexity index is 1590. The van der Waals surface area contributed by atoms with Gasteiger partial charge in [0.2, 0.25) is 0 Å². The van der Waals surface area contributed by atoms with Gasteiger partial charge in [-0.05, 0) is 48.3 Å². The van der Waals surface area contributed by atoms with Gasteiger partial charge in [-0.25, -0.2) is 0 Å². The van der Waals surface area contributed by atoms with Crippen molar-refractivity contribution in [2.45, 2.75) is 82.5 Å². The van der Waals surface area contributed by atoms with Crippen molar-refractivity contribution in [1.29, 1.82) is 0 Å². The SMILES string of the molecule is [CH2-]C[CH2-].[Cl-].[Cl-].[Zr+2].c1ccc2c(c1)ccc1[cH-]c(C3CCCCC3)cc12.c1ccc2c(c1)ccc1[cH-]c(C3CCCCC3)cc12. The molecule has 44 heavy (non-hydrogen) atoms. The van der Waals surface area contributed by atoms with Crippen molar-refractivity contribution in [3.05, 3.63) is 122 Å². The smallest absolute Gasteiger partial charge is 1.00 e. The first-order valence-electron chi connectivity index (χ1n) is 16.0. The minimum atomic E-state index is 0. The zero-order chi connectivity index (χ0) is 28.0.